The van der Waals surface area contributed by atoms with Crippen LogP contribution in [0.4, 0.5) is 0 Å². The molecule has 0 unspecified atom stereocenters. The average molecular weight is 129 g/mol. The number of hydrogen-bond donors (Lipinski definition) is 2. The van der Waals surface area contributed by atoms with Crippen LogP contribution in [0.15, 0.2) is 0 Å². The Morgan fingerprint density at radius 2 is 2.00 bits per heavy atom. The maximum absolute atomic E-state index is 9.70. The molecule has 0 rings (SSSR count). The zero-order chi connectivity index (χ0) is 7.70. The molecule has 0 amide bonds. The highest BCUT2D eigenvalue weighted by atomic mass is 16.4. The molecule has 0 aromatic heterocycles. The number of nitrogens with two attached hydrogens (primary N) is 1. The molecule has 3 N–H and O–H groups in total. The lowest BCUT2D eigenvalue weighted by atomic mass is 10.3. The highest BCUT2D eigenvalue weighted by Crippen LogP contribution is 1.82. The van der Waals surface area contributed by atoms with Gasteiger partial charge in [0.25, 0.3) is 0 Å². The van der Waals surface area contributed by atoms with E-state index < -0.39 is 5.97 Å². The van der Waals surface area contributed by atoms with Crippen LogP contribution in [0.25, 0.3) is 0 Å². The molecule has 0 bridgehead atoms. The maximum Gasteiger partial charge on any atom is 0.303 e. The molecule has 3 nitrogen and oxygen atoms in total. The van der Waals surface area contributed by atoms with Crippen molar-refractivity contribution in [3.63, 3.8) is 0 Å². The highest BCUT2D eigenvalue weighted by Gasteiger charge is 1.91. The number of rotatable bonds is 3. The Labute approximate surface area is 54.9 Å². The van der Waals surface area contributed by atoms with Crippen LogP contribution in [0.1, 0.15) is 12.8 Å². The molecule has 0 aromatic carbocycles. The fraction of sp³-hybridized carbons (Fsp3) is 0.500. The molecule has 0 radical (unpaired) electrons. The lowest BCUT2D eigenvalue weighted by molar-refractivity contribution is -0.137. The topological polar surface area (TPSA) is 63.3 Å². The summed E-state index contributed by atoms with van der Waals surface area (Å²) >= 11 is 0. The Hall–Kier alpha value is -1.01. The lowest BCUT2D eigenvalue weighted by Gasteiger charge is -1.86. The van der Waals surface area contributed by atoms with E-state index in [9.17, 15) is 4.79 Å². The predicted molar refractivity (Wildman–Crippen MR) is 35.8 cm³/mol. The molecule has 0 heterocycles. The Kier molecular flexibility index (Phi) is 12.2. The van der Waals surface area contributed by atoms with E-state index >= 15 is 0 Å². The summed E-state index contributed by atoms with van der Waals surface area (Å²) in [4.78, 5) is 9.70. The molecule has 0 aliphatic rings. The molecular weight excluding hydrogens is 118 g/mol. The van der Waals surface area contributed by atoms with Crippen molar-refractivity contribution in [2.24, 2.45) is 5.73 Å². The summed E-state index contributed by atoms with van der Waals surface area (Å²) in [5.74, 6) is -0.773. The van der Waals surface area contributed by atoms with Crippen molar-refractivity contribution in [2.75, 3.05) is 6.54 Å². The molecule has 9 heavy (non-hydrogen) atoms. The van der Waals surface area contributed by atoms with Gasteiger partial charge in [-0.15, -0.1) is 12.8 Å². The second kappa shape index (κ2) is 10.1. The molecule has 52 valence electrons. The minimum absolute atomic E-state index is 0.191. The van der Waals surface area contributed by atoms with E-state index in [1.54, 1.807) is 0 Å². The van der Waals surface area contributed by atoms with Gasteiger partial charge in [0.15, 0.2) is 0 Å². The standard InChI is InChI=1S/C4H9NO2.C2H2/c5-3-1-2-4(6)7;1-2/h1-3,5H2,(H,6,7);1-2H. The first-order valence-electron chi connectivity index (χ1n) is 2.52. The van der Waals surface area contributed by atoms with E-state index in [0.717, 1.165) is 0 Å². The summed E-state index contributed by atoms with van der Waals surface area (Å²) < 4.78 is 0. The third-order valence-electron chi connectivity index (χ3n) is 0.595. The van der Waals surface area contributed by atoms with Gasteiger partial charge in [-0.1, -0.05) is 0 Å². The molecule has 0 saturated heterocycles. The molecule has 0 fully saturated rings. The summed E-state index contributed by atoms with van der Waals surface area (Å²) in [6, 6.07) is 0. The number of carbonyl (C=O) groups is 1. The SMILES string of the molecule is C#C.NCCCC(=O)O. The van der Waals surface area contributed by atoms with Gasteiger partial charge in [-0.2, -0.15) is 0 Å². The van der Waals surface area contributed by atoms with Gasteiger partial charge in [0, 0.05) is 6.42 Å². The number of hydrogen-bond acceptors (Lipinski definition) is 2. The van der Waals surface area contributed by atoms with Crippen molar-refractivity contribution in [2.45, 2.75) is 12.8 Å². The molecule has 0 aliphatic heterocycles. The third-order valence-corrected chi connectivity index (χ3v) is 0.595. The Morgan fingerprint density at radius 1 is 1.56 bits per heavy atom. The number of terminal acetylenes is 1. The van der Waals surface area contributed by atoms with Gasteiger partial charge in [0.2, 0.25) is 0 Å². The smallest absolute Gasteiger partial charge is 0.303 e. The zero-order valence-corrected chi connectivity index (χ0v) is 5.21. The van der Waals surface area contributed by atoms with Gasteiger partial charge >= 0.3 is 5.97 Å². The summed E-state index contributed by atoms with van der Waals surface area (Å²) in [7, 11) is 0. The van der Waals surface area contributed by atoms with E-state index in [1.807, 2.05) is 0 Å². The maximum atomic E-state index is 9.70. The van der Waals surface area contributed by atoms with Gasteiger partial charge in [-0.3, -0.25) is 4.79 Å². The van der Waals surface area contributed by atoms with Gasteiger partial charge in [0.1, 0.15) is 0 Å². The quantitative estimate of drug-likeness (QED) is 0.529. The van der Waals surface area contributed by atoms with Crippen molar-refractivity contribution >= 4 is 5.97 Å². The van der Waals surface area contributed by atoms with Crippen molar-refractivity contribution < 1.29 is 9.90 Å². The van der Waals surface area contributed by atoms with E-state index in [2.05, 4.69) is 12.8 Å². The Morgan fingerprint density at radius 3 is 2.11 bits per heavy atom. The first kappa shape index (κ1) is 10.9. The van der Waals surface area contributed by atoms with Crippen LogP contribution in [-0.2, 0) is 4.79 Å². The molecular formula is C6H11NO2. The normalized spacial score (nSPS) is 7.00. The summed E-state index contributed by atoms with van der Waals surface area (Å²) in [5, 5.41) is 7.99. The largest absolute Gasteiger partial charge is 0.481 e. The number of aliphatic carboxylic acids is 1. The first-order chi connectivity index (χ1) is 4.27. The fourth-order valence-electron chi connectivity index (χ4n) is 0.253. The molecule has 0 atom stereocenters. The van der Waals surface area contributed by atoms with Crippen molar-refractivity contribution in [1.82, 2.24) is 0 Å². The molecule has 3 heteroatoms. The van der Waals surface area contributed by atoms with E-state index in [0.29, 0.717) is 13.0 Å². The third kappa shape index (κ3) is 19.5. The van der Waals surface area contributed by atoms with Crippen LogP contribution in [-0.4, -0.2) is 17.6 Å². The van der Waals surface area contributed by atoms with Gasteiger partial charge in [-0.05, 0) is 13.0 Å². The van der Waals surface area contributed by atoms with Gasteiger partial charge in [0.05, 0.1) is 0 Å². The van der Waals surface area contributed by atoms with Crippen molar-refractivity contribution in [3.8, 4) is 12.8 Å². The summed E-state index contributed by atoms with van der Waals surface area (Å²) in [6.07, 6.45) is 8.77. The zero-order valence-electron chi connectivity index (χ0n) is 5.21. The number of carboxylic acid groups (broad SMARTS) is 1. The van der Waals surface area contributed by atoms with E-state index in [1.165, 1.54) is 0 Å². The van der Waals surface area contributed by atoms with Crippen LogP contribution in [0, 0.1) is 12.8 Å². The van der Waals surface area contributed by atoms with Crippen LogP contribution in [0.3, 0.4) is 0 Å². The van der Waals surface area contributed by atoms with E-state index in [4.69, 9.17) is 10.8 Å². The van der Waals surface area contributed by atoms with Gasteiger partial charge < -0.3 is 10.8 Å². The molecule has 0 aromatic rings. The van der Waals surface area contributed by atoms with Crippen molar-refractivity contribution in [3.05, 3.63) is 0 Å². The highest BCUT2D eigenvalue weighted by molar-refractivity contribution is 5.66. The monoisotopic (exact) mass is 129 g/mol. The van der Waals surface area contributed by atoms with Crippen molar-refractivity contribution in [1.29, 1.82) is 0 Å². The van der Waals surface area contributed by atoms with Crippen LogP contribution < -0.4 is 5.73 Å². The Bertz CT molecular complexity index is 88.3. The summed E-state index contributed by atoms with van der Waals surface area (Å²) in [6.45, 7) is 0.465. The minimum Gasteiger partial charge on any atom is -0.481 e. The molecule has 0 saturated carbocycles. The molecule has 0 spiro atoms. The fourth-order valence-corrected chi connectivity index (χ4v) is 0.253. The van der Waals surface area contributed by atoms with Crippen LogP contribution in [0.5, 0.6) is 0 Å². The summed E-state index contributed by atoms with van der Waals surface area (Å²) in [5.41, 5.74) is 5.01. The van der Waals surface area contributed by atoms with Crippen LogP contribution >= 0.6 is 0 Å². The predicted octanol–water partition coefficient (Wildman–Crippen LogP) is 0.0593. The molecule has 0 aliphatic carbocycles. The second-order valence-electron chi connectivity index (χ2n) is 1.29. The first-order valence-corrected chi connectivity index (χ1v) is 2.52. The lowest BCUT2D eigenvalue weighted by Crippen LogP contribution is -2.02. The second-order valence-corrected chi connectivity index (χ2v) is 1.29. The average Bonchev–Trinajstić information content (AvgIpc) is 1.88. The Balaban J connectivity index is 0. The van der Waals surface area contributed by atoms with E-state index in [-0.39, 0.29) is 6.42 Å². The minimum atomic E-state index is -0.773. The van der Waals surface area contributed by atoms with Gasteiger partial charge in [-0.25, -0.2) is 0 Å². The van der Waals surface area contributed by atoms with Crippen LogP contribution in [0.2, 0.25) is 0 Å². The number of carboxylic acids is 1.